The Labute approximate surface area is 127 Å². The molecule has 0 fully saturated rings. The van der Waals surface area contributed by atoms with Crippen LogP contribution in [0.15, 0.2) is 18.2 Å². The SMILES string of the molecule is Cc1nnc(NC(=O)c2cc(C#CCCO)ccc2C)s1. The number of nitrogens with one attached hydrogen (secondary N) is 1. The van der Waals surface area contributed by atoms with Crippen molar-refractivity contribution in [3.8, 4) is 11.8 Å². The minimum atomic E-state index is -0.227. The van der Waals surface area contributed by atoms with Crippen LogP contribution in [-0.4, -0.2) is 27.8 Å². The molecule has 5 nitrogen and oxygen atoms in total. The molecule has 0 aliphatic heterocycles. The van der Waals surface area contributed by atoms with Gasteiger partial charge in [0.15, 0.2) is 0 Å². The number of benzene rings is 1. The molecule has 1 aromatic heterocycles. The summed E-state index contributed by atoms with van der Waals surface area (Å²) in [5.74, 6) is 5.53. The Kier molecular flexibility index (Phi) is 5.04. The predicted molar refractivity (Wildman–Crippen MR) is 82.4 cm³/mol. The standard InChI is InChI=1S/C15H15N3O2S/c1-10-6-7-12(5-3-4-8-19)9-13(10)14(20)16-15-18-17-11(2)21-15/h6-7,9,19H,4,8H2,1-2H3,(H,16,18,20). The fourth-order valence-corrected chi connectivity index (χ4v) is 2.26. The summed E-state index contributed by atoms with van der Waals surface area (Å²) in [5, 5.41) is 20.5. The molecule has 0 aliphatic carbocycles. The molecule has 1 heterocycles. The third-order valence-corrected chi connectivity index (χ3v) is 3.45. The molecule has 2 rings (SSSR count). The highest BCUT2D eigenvalue weighted by atomic mass is 32.1. The zero-order chi connectivity index (χ0) is 15.2. The molecule has 2 aromatic rings. The summed E-state index contributed by atoms with van der Waals surface area (Å²) >= 11 is 1.33. The van der Waals surface area contributed by atoms with Crippen LogP contribution in [-0.2, 0) is 0 Å². The van der Waals surface area contributed by atoms with Gasteiger partial charge in [0.1, 0.15) is 5.01 Å². The van der Waals surface area contributed by atoms with E-state index in [0.717, 1.165) is 16.1 Å². The van der Waals surface area contributed by atoms with Gasteiger partial charge < -0.3 is 5.11 Å². The minimum absolute atomic E-state index is 0.0304. The van der Waals surface area contributed by atoms with Crippen LogP contribution in [0.1, 0.15) is 32.9 Å². The summed E-state index contributed by atoms with van der Waals surface area (Å²) in [6, 6.07) is 5.44. The van der Waals surface area contributed by atoms with Crippen molar-refractivity contribution in [3.63, 3.8) is 0 Å². The molecule has 21 heavy (non-hydrogen) atoms. The van der Waals surface area contributed by atoms with E-state index in [1.807, 2.05) is 26.0 Å². The second-order valence-corrected chi connectivity index (χ2v) is 5.57. The Bertz CT molecular complexity index is 713. The number of carbonyl (C=O) groups is 1. The largest absolute Gasteiger partial charge is 0.395 e. The van der Waals surface area contributed by atoms with Gasteiger partial charge in [-0.1, -0.05) is 29.2 Å². The number of hydrogen-bond acceptors (Lipinski definition) is 5. The quantitative estimate of drug-likeness (QED) is 0.852. The van der Waals surface area contributed by atoms with E-state index in [1.165, 1.54) is 11.3 Å². The number of aryl methyl sites for hydroxylation is 2. The van der Waals surface area contributed by atoms with Gasteiger partial charge in [0.25, 0.3) is 5.91 Å². The first-order chi connectivity index (χ1) is 10.1. The van der Waals surface area contributed by atoms with Crippen molar-refractivity contribution in [2.45, 2.75) is 20.3 Å². The number of aliphatic hydroxyl groups is 1. The van der Waals surface area contributed by atoms with Crippen molar-refractivity contribution in [1.82, 2.24) is 10.2 Å². The number of carbonyl (C=O) groups excluding carboxylic acids is 1. The average molecular weight is 301 g/mol. The molecule has 0 radical (unpaired) electrons. The summed E-state index contributed by atoms with van der Waals surface area (Å²) in [7, 11) is 0. The topological polar surface area (TPSA) is 75.1 Å². The van der Waals surface area contributed by atoms with Crippen LogP contribution in [0.3, 0.4) is 0 Å². The Morgan fingerprint density at radius 3 is 2.86 bits per heavy atom. The fourth-order valence-electron chi connectivity index (χ4n) is 1.68. The van der Waals surface area contributed by atoms with Gasteiger partial charge in [0.05, 0.1) is 6.61 Å². The van der Waals surface area contributed by atoms with Crippen molar-refractivity contribution in [2.24, 2.45) is 0 Å². The number of hydrogen-bond donors (Lipinski definition) is 2. The van der Waals surface area contributed by atoms with E-state index >= 15 is 0 Å². The molecule has 0 bridgehead atoms. The van der Waals surface area contributed by atoms with Crippen LogP contribution in [0.4, 0.5) is 5.13 Å². The van der Waals surface area contributed by atoms with E-state index in [1.54, 1.807) is 6.07 Å². The molecule has 0 saturated heterocycles. The van der Waals surface area contributed by atoms with Crippen molar-refractivity contribution in [2.75, 3.05) is 11.9 Å². The molecule has 0 aliphatic rings. The predicted octanol–water partition coefficient (Wildman–Crippen LogP) is 2.14. The molecule has 2 N–H and O–H groups in total. The van der Waals surface area contributed by atoms with E-state index in [2.05, 4.69) is 27.4 Å². The van der Waals surface area contributed by atoms with Gasteiger partial charge in [0, 0.05) is 17.5 Å². The van der Waals surface area contributed by atoms with E-state index in [9.17, 15) is 4.79 Å². The summed E-state index contributed by atoms with van der Waals surface area (Å²) in [4.78, 5) is 12.3. The number of anilines is 1. The fraction of sp³-hybridized carbons (Fsp3) is 0.267. The zero-order valence-electron chi connectivity index (χ0n) is 11.8. The van der Waals surface area contributed by atoms with Gasteiger partial charge in [-0.3, -0.25) is 10.1 Å². The molecule has 1 aromatic carbocycles. The minimum Gasteiger partial charge on any atom is -0.395 e. The maximum atomic E-state index is 12.3. The highest BCUT2D eigenvalue weighted by molar-refractivity contribution is 7.15. The first-order valence-electron chi connectivity index (χ1n) is 6.42. The van der Waals surface area contributed by atoms with E-state index in [4.69, 9.17) is 5.11 Å². The number of aromatic nitrogens is 2. The molecular weight excluding hydrogens is 286 g/mol. The maximum absolute atomic E-state index is 12.3. The van der Waals surface area contributed by atoms with E-state index in [-0.39, 0.29) is 12.5 Å². The number of nitrogens with zero attached hydrogens (tertiary/aromatic N) is 2. The van der Waals surface area contributed by atoms with Crippen LogP contribution in [0.5, 0.6) is 0 Å². The second kappa shape index (κ2) is 6.97. The van der Waals surface area contributed by atoms with Crippen molar-refractivity contribution in [1.29, 1.82) is 0 Å². The van der Waals surface area contributed by atoms with Crippen LogP contribution in [0, 0.1) is 25.7 Å². The Morgan fingerprint density at radius 2 is 2.19 bits per heavy atom. The normalized spacial score (nSPS) is 9.86. The highest BCUT2D eigenvalue weighted by Gasteiger charge is 2.12. The third-order valence-electron chi connectivity index (χ3n) is 2.70. The monoisotopic (exact) mass is 301 g/mol. The molecule has 1 amide bonds. The molecule has 0 atom stereocenters. The van der Waals surface area contributed by atoms with Crippen molar-refractivity contribution in [3.05, 3.63) is 39.9 Å². The molecular formula is C15H15N3O2S. The van der Waals surface area contributed by atoms with Crippen LogP contribution >= 0.6 is 11.3 Å². The van der Waals surface area contributed by atoms with E-state index < -0.39 is 0 Å². The number of rotatable bonds is 3. The van der Waals surface area contributed by atoms with Gasteiger partial charge in [-0.2, -0.15) is 0 Å². The maximum Gasteiger partial charge on any atom is 0.257 e. The Hall–Kier alpha value is -2.23. The lowest BCUT2D eigenvalue weighted by Crippen LogP contribution is -2.13. The van der Waals surface area contributed by atoms with Gasteiger partial charge in [-0.15, -0.1) is 10.2 Å². The zero-order valence-corrected chi connectivity index (χ0v) is 12.6. The summed E-state index contributed by atoms with van der Waals surface area (Å²) in [6.45, 7) is 3.73. The molecule has 108 valence electrons. The Morgan fingerprint density at radius 1 is 1.38 bits per heavy atom. The average Bonchev–Trinajstić information content (AvgIpc) is 2.86. The molecule has 0 spiro atoms. The smallest absolute Gasteiger partial charge is 0.257 e. The number of amides is 1. The highest BCUT2D eigenvalue weighted by Crippen LogP contribution is 2.17. The number of aliphatic hydroxyl groups excluding tert-OH is 1. The van der Waals surface area contributed by atoms with Gasteiger partial charge in [-0.25, -0.2) is 0 Å². The van der Waals surface area contributed by atoms with Gasteiger partial charge in [-0.05, 0) is 31.5 Å². The lowest BCUT2D eigenvalue weighted by Gasteiger charge is -2.05. The lowest BCUT2D eigenvalue weighted by atomic mass is 10.0. The van der Waals surface area contributed by atoms with Crippen molar-refractivity contribution < 1.29 is 9.90 Å². The van der Waals surface area contributed by atoms with Crippen LogP contribution < -0.4 is 5.32 Å². The lowest BCUT2D eigenvalue weighted by molar-refractivity contribution is 0.102. The first kappa shape index (κ1) is 15.2. The summed E-state index contributed by atoms with van der Waals surface area (Å²) in [5.41, 5.74) is 2.16. The third kappa shape index (κ3) is 4.12. The van der Waals surface area contributed by atoms with Crippen LogP contribution in [0.2, 0.25) is 0 Å². The van der Waals surface area contributed by atoms with Crippen LogP contribution in [0.25, 0.3) is 0 Å². The van der Waals surface area contributed by atoms with E-state index in [0.29, 0.717) is 17.1 Å². The Balaban J connectivity index is 2.20. The first-order valence-corrected chi connectivity index (χ1v) is 7.23. The molecule has 0 unspecified atom stereocenters. The molecule has 0 saturated carbocycles. The molecule has 6 heteroatoms. The second-order valence-electron chi connectivity index (χ2n) is 4.39. The van der Waals surface area contributed by atoms with Crippen molar-refractivity contribution >= 4 is 22.4 Å². The summed E-state index contributed by atoms with van der Waals surface area (Å²) < 4.78 is 0. The van der Waals surface area contributed by atoms with Gasteiger partial charge >= 0.3 is 0 Å². The summed E-state index contributed by atoms with van der Waals surface area (Å²) in [6.07, 6.45) is 0.416. The van der Waals surface area contributed by atoms with Gasteiger partial charge in [0.2, 0.25) is 5.13 Å².